The number of benzene rings is 3. The van der Waals surface area contributed by atoms with E-state index in [4.69, 9.17) is 0 Å². The quantitative estimate of drug-likeness (QED) is 0.556. The Kier molecular flexibility index (Phi) is 4.39. The van der Waals surface area contributed by atoms with Crippen LogP contribution in [0, 0.1) is 5.82 Å². The molecule has 0 bridgehead atoms. The van der Waals surface area contributed by atoms with Gasteiger partial charge in [-0.1, -0.05) is 48.5 Å². The molecule has 6 heteroatoms. The summed E-state index contributed by atoms with van der Waals surface area (Å²) < 4.78 is 13.5. The fourth-order valence-electron chi connectivity index (χ4n) is 3.95. The smallest absolute Gasteiger partial charge is 0.256 e. The molecule has 5 rings (SSSR count). The second kappa shape index (κ2) is 7.22. The van der Waals surface area contributed by atoms with E-state index < -0.39 is 0 Å². The summed E-state index contributed by atoms with van der Waals surface area (Å²) >= 11 is 0. The number of nitrogens with one attached hydrogen (secondary N) is 1. The number of fused-ring (bicyclic) bond motifs is 2. The molecule has 5 nitrogen and oxygen atoms in total. The number of hydrogen-bond acceptors (Lipinski definition) is 3. The van der Waals surface area contributed by atoms with Gasteiger partial charge >= 0.3 is 0 Å². The maximum absolute atomic E-state index is 13.5. The molecule has 1 aliphatic rings. The lowest BCUT2D eigenvalue weighted by Crippen LogP contribution is -2.39. The van der Waals surface area contributed by atoms with E-state index in [1.54, 1.807) is 17.0 Å². The first kappa shape index (κ1) is 18.2. The highest BCUT2D eigenvalue weighted by molar-refractivity contribution is 6.07. The van der Waals surface area contributed by atoms with E-state index in [0.717, 1.165) is 10.8 Å². The number of nitrogens with zero attached hydrogens (tertiary/aromatic N) is 2. The van der Waals surface area contributed by atoms with Crippen molar-refractivity contribution in [3.63, 3.8) is 0 Å². The van der Waals surface area contributed by atoms with Gasteiger partial charge in [-0.05, 0) is 29.0 Å². The topological polar surface area (TPSA) is 66.1 Å². The van der Waals surface area contributed by atoms with Gasteiger partial charge in [-0.25, -0.2) is 9.37 Å². The Hall–Kier alpha value is -3.80. The number of carbonyl (C=O) groups excluding carboxylic acids is 1. The first-order valence-corrected chi connectivity index (χ1v) is 9.75. The Balaban J connectivity index is 1.48. The molecule has 0 radical (unpaired) electrons. The molecule has 1 aliphatic heterocycles. The minimum absolute atomic E-state index is 0.106. The minimum atomic E-state index is -0.389. The maximum Gasteiger partial charge on any atom is 0.256 e. The lowest BCUT2D eigenvalue weighted by atomic mass is 10.0. The van der Waals surface area contributed by atoms with Gasteiger partial charge in [0.05, 0.1) is 17.8 Å². The molecule has 30 heavy (non-hydrogen) atoms. The summed E-state index contributed by atoms with van der Waals surface area (Å²) in [4.78, 5) is 34.9. The van der Waals surface area contributed by atoms with Crippen LogP contribution in [-0.2, 0) is 13.0 Å². The molecule has 1 amide bonds. The van der Waals surface area contributed by atoms with Crippen LogP contribution in [-0.4, -0.2) is 27.3 Å². The third-order valence-corrected chi connectivity index (χ3v) is 5.47. The number of amides is 1. The summed E-state index contributed by atoms with van der Waals surface area (Å²) in [5, 5.41) is 1.89. The van der Waals surface area contributed by atoms with E-state index in [2.05, 4.69) is 9.97 Å². The number of carbonyl (C=O) groups is 1. The fraction of sp³-hybridized carbons (Fsp3) is 0.125. The van der Waals surface area contributed by atoms with Crippen LogP contribution in [0.1, 0.15) is 21.6 Å². The Morgan fingerprint density at radius 3 is 2.70 bits per heavy atom. The first-order chi connectivity index (χ1) is 14.6. The van der Waals surface area contributed by atoms with Gasteiger partial charge in [-0.2, -0.15) is 0 Å². The molecular weight excluding hydrogens is 381 g/mol. The van der Waals surface area contributed by atoms with Gasteiger partial charge in [0.15, 0.2) is 0 Å². The number of hydrogen-bond donors (Lipinski definition) is 1. The van der Waals surface area contributed by atoms with Crippen LogP contribution in [0.15, 0.2) is 71.5 Å². The van der Waals surface area contributed by atoms with Crippen LogP contribution in [0.25, 0.3) is 22.2 Å². The van der Waals surface area contributed by atoms with Crippen LogP contribution in [0.2, 0.25) is 0 Å². The molecule has 0 aliphatic carbocycles. The number of H-pyrrole nitrogens is 1. The lowest BCUT2D eigenvalue weighted by Gasteiger charge is -2.28. The summed E-state index contributed by atoms with van der Waals surface area (Å²) in [5.74, 6) is -0.155. The van der Waals surface area contributed by atoms with Gasteiger partial charge in [-0.3, -0.25) is 9.59 Å². The van der Waals surface area contributed by atoms with Crippen molar-refractivity contribution in [2.24, 2.45) is 0 Å². The van der Waals surface area contributed by atoms with Crippen molar-refractivity contribution in [1.82, 2.24) is 14.9 Å². The van der Waals surface area contributed by atoms with Crippen molar-refractivity contribution in [2.45, 2.75) is 13.0 Å². The molecule has 0 fully saturated rings. The zero-order valence-corrected chi connectivity index (χ0v) is 16.1. The average molecular weight is 399 g/mol. The highest BCUT2D eigenvalue weighted by atomic mass is 19.1. The standard InChI is InChI=1S/C24H18FN3O2/c25-17-8-3-7-16(13-17)22-26-21-11-12-28(14-20(21)23(29)27-22)24(30)19-10-4-6-15-5-1-2-9-18(15)19/h1-10,13H,11-12,14H2,(H,26,27,29). The van der Waals surface area contributed by atoms with Crippen molar-refractivity contribution >= 4 is 16.7 Å². The van der Waals surface area contributed by atoms with Crippen molar-refractivity contribution in [1.29, 1.82) is 0 Å². The second-order valence-corrected chi connectivity index (χ2v) is 7.35. The fourth-order valence-corrected chi connectivity index (χ4v) is 3.95. The van der Waals surface area contributed by atoms with E-state index in [1.165, 1.54) is 12.1 Å². The first-order valence-electron chi connectivity index (χ1n) is 9.75. The number of halogens is 1. The predicted molar refractivity (Wildman–Crippen MR) is 113 cm³/mol. The normalized spacial score (nSPS) is 13.3. The van der Waals surface area contributed by atoms with Gasteiger partial charge in [-0.15, -0.1) is 0 Å². The largest absolute Gasteiger partial charge is 0.334 e. The molecule has 0 saturated carbocycles. The number of rotatable bonds is 2. The minimum Gasteiger partial charge on any atom is -0.334 e. The van der Waals surface area contributed by atoms with Crippen molar-refractivity contribution in [3.8, 4) is 11.4 Å². The van der Waals surface area contributed by atoms with Crippen LogP contribution < -0.4 is 5.56 Å². The van der Waals surface area contributed by atoms with Gasteiger partial charge in [0.25, 0.3) is 11.5 Å². The van der Waals surface area contributed by atoms with Crippen LogP contribution in [0.3, 0.4) is 0 Å². The Labute approximate surface area is 171 Å². The van der Waals surface area contributed by atoms with E-state index >= 15 is 0 Å². The van der Waals surface area contributed by atoms with Crippen molar-refractivity contribution < 1.29 is 9.18 Å². The SMILES string of the molecule is O=C(c1cccc2ccccc12)N1CCc2nc(-c3cccc(F)c3)[nH]c(=O)c2C1. The maximum atomic E-state index is 13.5. The Morgan fingerprint density at radius 2 is 1.83 bits per heavy atom. The molecule has 1 aromatic heterocycles. The highest BCUT2D eigenvalue weighted by Crippen LogP contribution is 2.24. The van der Waals surface area contributed by atoms with Crippen LogP contribution in [0.5, 0.6) is 0 Å². The van der Waals surface area contributed by atoms with Gasteiger partial charge in [0.1, 0.15) is 11.6 Å². The summed E-state index contributed by atoms with van der Waals surface area (Å²) in [7, 11) is 0. The average Bonchev–Trinajstić information content (AvgIpc) is 2.78. The summed E-state index contributed by atoms with van der Waals surface area (Å²) in [6, 6.07) is 19.4. The molecule has 148 valence electrons. The summed E-state index contributed by atoms with van der Waals surface area (Å²) in [6.07, 6.45) is 0.470. The third-order valence-electron chi connectivity index (χ3n) is 5.47. The monoisotopic (exact) mass is 399 g/mol. The zero-order valence-electron chi connectivity index (χ0n) is 16.1. The van der Waals surface area contributed by atoms with Crippen molar-refractivity contribution in [3.05, 3.63) is 99.7 Å². The van der Waals surface area contributed by atoms with E-state index in [1.807, 2.05) is 42.5 Å². The van der Waals surface area contributed by atoms with Crippen LogP contribution >= 0.6 is 0 Å². The van der Waals surface area contributed by atoms with E-state index in [9.17, 15) is 14.0 Å². The van der Waals surface area contributed by atoms with Crippen LogP contribution in [0.4, 0.5) is 4.39 Å². The Bertz CT molecular complexity index is 1340. The van der Waals surface area contributed by atoms with E-state index in [0.29, 0.717) is 41.2 Å². The lowest BCUT2D eigenvalue weighted by molar-refractivity contribution is 0.0734. The van der Waals surface area contributed by atoms with Gasteiger partial charge in [0, 0.05) is 24.1 Å². The predicted octanol–water partition coefficient (Wildman–Crippen LogP) is 3.93. The molecule has 2 heterocycles. The highest BCUT2D eigenvalue weighted by Gasteiger charge is 2.26. The molecule has 0 atom stereocenters. The van der Waals surface area contributed by atoms with Gasteiger partial charge in [0.2, 0.25) is 0 Å². The molecule has 0 spiro atoms. The summed E-state index contributed by atoms with van der Waals surface area (Å²) in [5.41, 5.74) is 1.98. The second-order valence-electron chi connectivity index (χ2n) is 7.35. The number of aromatic amines is 1. The molecule has 3 aromatic carbocycles. The van der Waals surface area contributed by atoms with Crippen molar-refractivity contribution in [2.75, 3.05) is 6.54 Å². The Morgan fingerprint density at radius 1 is 1.03 bits per heavy atom. The molecule has 1 N–H and O–H groups in total. The molecular formula is C24H18FN3O2. The molecule has 0 unspecified atom stereocenters. The molecule has 0 saturated heterocycles. The van der Waals surface area contributed by atoms with Gasteiger partial charge < -0.3 is 9.88 Å². The third kappa shape index (κ3) is 3.16. The zero-order chi connectivity index (χ0) is 20.7. The molecule has 4 aromatic rings. The number of aromatic nitrogens is 2. The van der Waals surface area contributed by atoms with E-state index in [-0.39, 0.29) is 23.8 Å². The summed E-state index contributed by atoms with van der Waals surface area (Å²) in [6.45, 7) is 0.664.